The maximum atomic E-state index is 11.5. The van der Waals surface area contributed by atoms with E-state index in [1.165, 1.54) is 24.3 Å². The van der Waals surface area contributed by atoms with Crippen molar-refractivity contribution in [3.63, 3.8) is 0 Å². The van der Waals surface area contributed by atoms with Gasteiger partial charge in [0.05, 0.1) is 26.4 Å². The van der Waals surface area contributed by atoms with Crippen LogP contribution < -0.4 is 9.47 Å². The van der Waals surface area contributed by atoms with Crippen molar-refractivity contribution in [2.24, 2.45) is 0 Å². The van der Waals surface area contributed by atoms with Gasteiger partial charge < -0.3 is 28.4 Å². The fourth-order valence-corrected chi connectivity index (χ4v) is 2.08. The van der Waals surface area contributed by atoms with Crippen molar-refractivity contribution < 1.29 is 38.0 Å². The minimum absolute atomic E-state index is 0.120. The van der Waals surface area contributed by atoms with Crippen molar-refractivity contribution in [3.05, 3.63) is 48.6 Å². The SMILES string of the molecule is O=C1/C=C\C=C\C(=O)OCCOCCOc2ccccc2OCCOCCO1. The summed E-state index contributed by atoms with van der Waals surface area (Å²) in [6.07, 6.45) is 5.21. The van der Waals surface area contributed by atoms with Gasteiger partial charge in [0.15, 0.2) is 11.5 Å². The first-order valence-electron chi connectivity index (χ1n) is 8.94. The number of esters is 2. The summed E-state index contributed by atoms with van der Waals surface area (Å²) in [4.78, 5) is 23.0. The van der Waals surface area contributed by atoms with Crippen LogP contribution in [0.1, 0.15) is 0 Å². The smallest absolute Gasteiger partial charge is 0.330 e. The van der Waals surface area contributed by atoms with Gasteiger partial charge in [-0.1, -0.05) is 24.3 Å². The van der Waals surface area contributed by atoms with Crippen LogP contribution in [0.5, 0.6) is 11.5 Å². The molecular weight excluding hydrogens is 368 g/mol. The van der Waals surface area contributed by atoms with E-state index in [9.17, 15) is 9.59 Å². The predicted molar refractivity (Wildman–Crippen MR) is 99.3 cm³/mol. The molecule has 1 aliphatic heterocycles. The van der Waals surface area contributed by atoms with E-state index in [-0.39, 0.29) is 26.4 Å². The molecule has 8 nitrogen and oxygen atoms in total. The summed E-state index contributed by atoms with van der Waals surface area (Å²) in [7, 11) is 0. The van der Waals surface area contributed by atoms with Crippen molar-refractivity contribution in [3.8, 4) is 11.5 Å². The number of carbonyl (C=O) groups is 2. The predicted octanol–water partition coefficient (Wildman–Crippen LogP) is 1.69. The molecular formula is C20H24O8. The first-order valence-corrected chi connectivity index (χ1v) is 8.94. The van der Waals surface area contributed by atoms with Crippen molar-refractivity contribution >= 4 is 11.9 Å². The molecule has 1 aromatic rings. The highest BCUT2D eigenvalue weighted by molar-refractivity contribution is 5.84. The Kier molecular flexibility index (Phi) is 10.2. The van der Waals surface area contributed by atoms with Gasteiger partial charge in [0.2, 0.25) is 0 Å². The molecule has 0 saturated heterocycles. The van der Waals surface area contributed by atoms with Crippen LogP contribution in [0, 0.1) is 0 Å². The molecule has 0 unspecified atom stereocenters. The highest BCUT2D eigenvalue weighted by Gasteiger charge is 2.05. The third kappa shape index (κ3) is 9.20. The summed E-state index contributed by atoms with van der Waals surface area (Å²) in [6, 6.07) is 7.30. The second-order valence-electron chi connectivity index (χ2n) is 5.42. The third-order valence-corrected chi connectivity index (χ3v) is 3.34. The number of para-hydroxylation sites is 2. The van der Waals surface area contributed by atoms with Gasteiger partial charge in [0.1, 0.15) is 26.4 Å². The molecule has 0 atom stereocenters. The van der Waals surface area contributed by atoms with E-state index < -0.39 is 11.9 Å². The molecule has 0 spiro atoms. The van der Waals surface area contributed by atoms with Gasteiger partial charge in [0.25, 0.3) is 0 Å². The van der Waals surface area contributed by atoms with E-state index in [1.807, 2.05) is 12.1 Å². The number of cyclic esters (lactones) is 2. The molecule has 8 heteroatoms. The van der Waals surface area contributed by atoms with Crippen molar-refractivity contribution in [1.29, 1.82) is 0 Å². The summed E-state index contributed by atoms with van der Waals surface area (Å²) in [5.41, 5.74) is 0. The summed E-state index contributed by atoms with van der Waals surface area (Å²) in [5.74, 6) is 0.148. The highest BCUT2D eigenvalue weighted by atomic mass is 16.6. The number of ether oxygens (including phenoxy) is 6. The first kappa shape index (κ1) is 21.5. The number of carbonyl (C=O) groups excluding carboxylic acids is 2. The van der Waals surface area contributed by atoms with Gasteiger partial charge >= 0.3 is 11.9 Å². The molecule has 28 heavy (non-hydrogen) atoms. The molecule has 0 aromatic heterocycles. The van der Waals surface area contributed by atoms with Crippen LogP contribution in [0.15, 0.2) is 48.6 Å². The topological polar surface area (TPSA) is 89.5 Å². The lowest BCUT2D eigenvalue weighted by Gasteiger charge is -2.13. The van der Waals surface area contributed by atoms with Crippen LogP contribution in [0.3, 0.4) is 0 Å². The maximum Gasteiger partial charge on any atom is 0.330 e. The highest BCUT2D eigenvalue weighted by Crippen LogP contribution is 2.26. The van der Waals surface area contributed by atoms with E-state index in [0.29, 0.717) is 37.9 Å². The summed E-state index contributed by atoms with van der Waals surface area (Å²) in [6.45, 7) is 2.09. The summed E-state index contributed by atoms with van der Waals surface area (Å²) in [5, 5.41) is 0. The fraction of sp³-hybridized carbons (Fsp3) is 0.400. The van der Waals surface area contributed by atoms with Crippen LogP contribution in [-0.4, -0.2) is 64.8 Å². The minimum Gasteiger partial charge on any atom is -0.487 e. The number of benzene rings is 1. The van der Waals surface area contributed by atoms with Crippen LogP contribution in [0.4, 0.5) is 0 Å². The van der Waals surface area contributed by atoms with Gasteiger partial charge in [0, 0.05) is 12.2 Å². The van der Waals surface area contributed by atoms with Gasteiger partial charge in [-0.25, -0.2) is 9.59 Å². The van der Waals surface area contributed by atoms with E-state index in [1.54, 1.807) is 12.1 Å². The number of hydrogen-bond acceptors (Lipinski definition) is 8. The molecule has 152 valence electrons. The van der Waals surface area contributed by atoms with E-state index in [4.69, 9.17) is 28.4 Å². The van der Waals surface area contributed by atoms with Crippen molar-refractivity contribution in [2.75, 3.05) is 52.9 Å². The molecule has 0 bridgehead atoms. The third-order valence-electron chi connectivity index (χ3n) is 3.34. The lowest BCUT2D eigenvalue weighted by Crippen LogP contribution is -2.14. The fourth-order valence-electron chi connectivity index (χ4n) is 2.08. The monoisotopic (exact) mass is 392 g/mol. The van der Waals surface area contributed by atoms with Gasteiger partial charge in [-0.15, -0.1) is 0 Å². The van der Waals surface area contributed by atoms with Gasteiger partial charge in [-0.2, -0.15) is 0 Å². The molecule has 0 N–H and O–H groups in total. The van der Waals surface area contributed by atoms with E-state index in [2.05, 4.69) is 0 Å². The van der Waals surface area contributed by atoms with Crippen LogP contribution in [-0.2, 0) is 28.5 Å². The Morgan fingerprint density at radius 2 is 0.929 bits per heavy atom. The van der Waals surface area contributed by atoms with Crippen molar-refractivity contribution in [1.82, 2.24) is 0 Å². The lowest BCUT2D eigenvalue weighted by molar-refractivity contribution is -0.140. The zero-order valence-electron chi connectivity index (χ0n) is 15.5. The molecule has 1 aliphatic rings. The molecule has 0 radical (unpaired) electrons. The Hall–Kier alpha value is -2.84. The van der Waals surface area contributed by atoms with Gasteiger partial charge in [-0.05, 0) is 12.1 Å². The summed E-state index contributed by atoms with van der Waals surface area (Å²) >= 11 is 0. The number of fused-ring (bicyclic) bond motifs is 1. The molecule has 0 saturated carbocycles. The standard InChI is InChI=1S/C20H24O8/c21-19-7-3-4-8-20(22)28-16-12-24-10-14-26-18-6-2-1-5-17(18)25-13-9-23-11-15-27-19/h1-8H,9-16H2/b7-3-,8-4+. The van der Waals surface area contributed by atoms with E-state index >= 15 is 0 Å². The Bertz CT molecular complexity index is 611. The summed E-state index contributed by atoms with van der Waals surface area (Å²) < 4.78 is 32.0. The first-order chi connectivity index (χ1) is 13.8. The lowest BCUT2D eigenvalue weighted by atomic mass is 10.3. The Morgan fingerprint density at radius 1 is 0.536 bits per heavy atom. The average molecular weight is 392 g/mol. The Balaban J connectivity index is 1.85. The zero-order valence-corrected chi connectivity index (χ0v) is 15.5. The Morgan fingerprint density at radius 3 is 1.36 bits per heavy atom. The molecule has 1 heterocycles. The quantitative estimate of drug-likeness (QED) is 0.616. The second kappa shape index (κ2) is 13.3. The zero-order chi connectivity index (χ0) is 19.9. The number of rotatable bonds is 0. The van der Waals surface area contributed by atoms with E-state index in [0.717, 1.165) is 0 Å². The largest absolute Gasteiger partial charge is 0.487 e. The van der Waals surface area contributed by atoms with Gasteiger partial charge in [-0.3, -0.25) is 0 Å². The van der Waals surface area contributed by atoms with Crippen molar-refractivity contribution in [2.45, 2.75) is 0 Å². The Labute approximate surface area is 163 Å². The number of hydrogen-bond donors (Lipinski definition) is 0. The van der Waals surface area contributed by atoms with Crippen LogP contribution in [0.2, 0.25) is 0 Å². The normalized spacial score (nSPS) is 20.6. The maximum absolute atomic E-state index is 11.5. The molecule has 0 fully saturated rings. The number of allylic oxidation sites excluding steroid dienone is 2. The van der Waals surface area contributed by atoms with Crippen LogP contribution in [0.25, 0.3) is 0 Å². The average Bonchev–Trinajstić information content (AvgIpc) is 2.70. The minimum atomic E-state index is -0.528. The molecule has 2 rings (SSSR count). The van der Waals surface area contributed by atoms with Crippen LogP contribution >= 0.6 is 0 Å². The molecule has 0 amide bonds. The second-order valence-corrected chi connectivity index (χ2v) is 5.42. The molecule has 1 aromatic carbocycles. The molecule has 0 aliphatic carbocycles.